The molecule has 0 saturated heterocycles. The van der Waals surface area contributed by atoms with Gasteiger partial charge in [-0.3, -0.25) is 4.79 Å². The van der Waals surface area contributed by atoms with Crippen LogP contribution in [0.2, 0.25) is 5.02 Å². The lowest BCUT2D eigenvalue weighted by Gasteiger charge is -2.10. The Morgan fingerprint density at radius 2 is 1.52 bits per heavy atom. The number of carbonyl (C=O) groups excluding carboxylic acids is 1. The molecule has 0 aliphatic rings. The minimum absolute atomic E-state index is 0.205. The van der Waals surface area contributed by atoms with Gasteiger partial charge in [0.15, 0.2) is 0 Å². The van der Waals surface area contributed by atoms with E-state index in [0.717, 1.165) is 0 Å². The molecule has 3 rings (SSSR count). The summed E-state index contributed by atoms with van der Waals surface area (Å²) in [6.07, 6.45) is 0. The summed E-state index contributed by atoms with van der Waals surface area (Å²) in [4.78, 5) is 17.7. The van der Waals surface area contributed by atoms with E-state index in [-0.39, 0.29) is 5.78 Å². The third kappa shape index (κ3) is 3.95. The highest BCUT2D eigenvalue weighted by atomic mass is 35.5. The number of benzene rings is 3. The molecule has 0 aliphatic carbocycles. The van der Waals surface area contributed by atoms with Gasteiger partial charge in [0.1, 0.15) is 11.5 Å². The van der Waals surface area contributed by atoms with Crippen LogP contribution < -0.4 is 4.74 Å². The lowest BCUT2D eigenvalue weighted by molar-refractivity contribution is 0.106. The number of para-hydroxylation sites is 2. The first-order valence-corrected chi connectivity index (χ1v) is 8.14. The van der Waals surface area contributed by atoms with Crippen LogP contribution in [-0.4, -0.2) is 18.6 Å². The van der Waals surface area contributed by atoms with Crippen molar-refractivity contribution in [3.05, 3.63) is 95.0 Å². The van der Waals surface area contributed by atoms with Gasteiger partial charge >= 0.3 is 0 Å². The van der Waals surface area contributed by atoms with Crippen molar-refractivity contribution in [3.8, 4) is 5.75 Å². The van der Waals surface area contributed by atoms with Crippen molar-refractivity contribution in [1.29, 1.82) is 0 Å². The summed E-state index contributed by atoms with van der Waals surface area (Å²) < 4.78 is 5.32. The molecule has 25 heavy (non-hydrogen) atoms. The summed E-state index contributed by atoms with van der Waals surface area (Å²) in [6, 6.07) is 23.6. The maximum Gasteiger partial charge on any atom is 0.215 e. The van der Waals surface area contributed by atoms with Crippen LogP contribution in [0.3, 0.4) is 0 Å². The number of methoxy groups -OCH3 is 1. The van der Waals surface area contributed by atoms with Crippen LogP contribution >= 0.6 is 11.6 Å². The largest absolute Gasteiger partial charge is 0.496 e. The van der Waals surface area contributed by atoms with Gasteiger partial charge in [0.05, 0.1) is 18.4 Å². The van der Waals surface area contributed by atoms with Crippen LogP contribution in [-0.2, 0) is 0 Å². The second kappa shape index (κ2) is 7.77. The second-order valence-electron chi connectivity index (χ2n) is 5.33. The zero-order valence-electron chi connectivity index (χ0n) is 13.6. The smallest absolute Gasteiger partial charge is 0.215 e. The Balaban J connectivity index is 2.12. The van der Waals surface area contributed by atoms with E-state index < -0.39 is 0 Å². The van der Waals surface area contributed by atoms with Crippen molar-refractivity contribution in [1.82, 2.24) is 0 Å². The molecule has 0 fully saturated rings. The lowest BCUT2D eigenvalue weighted by atomic mass is 9.99. The number of ketones is 1. The van der Waals surface area contributed by atoms with Crippen molar-refractivity contribution in [2.45, 2.75) is 0 Å². The molecular formula is C21H16ClNO2. The molecule has 4 heteroatoms. The van der Waals surface area contributed by atoms with Crippen LogP contribution in [0.1, 0.15) is 15.9 Å². The predicted molar refractivity (Wildman–Crippen MR) is 101 cm³/mol. The van der Waals surface area contributed by atoms with Crippen molar-refractivity contribution in [2.24, 2.45) is 4.99 Å². The van der Waals surface area contributed by atoms with Crippen LogP contribution in [0.25, 0.3) is 0 Å². The van der Waals surface area contributed by atoms with Gasteiger partial charge < -0.3 is 4.74 Å². The van der Waals surface area contributed by atoms with Crippen LogP contribution in [0.15, 0.2) is 83.9 Å². The van der Waals surface area contributed by atoms with Gasteiger partial charge in [0.25, 0.3) is 0 Å². The van der Waals surface area contributed by atoms with Gasteiger partial charge in [-0.25, -0.2) is 4.99 Å². The number of ether oxygens (including phenoxy) is 1. The van der Waals surface area contributed by atoms with Gasteiger partial charge in [-0.2, -0.15) is 0 Å². The van der Waals surface area contributed by atoms with E-state index in [2.05, 4.69) is 4.99 Å². The SMILES string of the molecule is COc1ccccc1C(=O)C(=Nc1ccccc1)c1ccc(Cl)cc1. The average Bonchev–Trinajstić information content (AvgIpc) is 2.67. The van der Waals surface area contributed by atoms with E-state index in [1.54, 1.807) is 49.6 Å². The van der Waals surface area contributed by atoms with Crippen molar-refractivity contribution in [3.63, 3.8) is 0 Å². The second-order valence-corrected chi connectivity index (χ2v) is 5.77. The quantitative estimate of drug-likeness (QED) is 0.460. The maximum atomic E-state index is 13.2. The van der Waals surface area contributed by atoms with E-state index in [4.69, 9.17) is 16.3 Å². The summed E-state index contributed by atoms with van der Waals surface area (Å²) in [5.74, 6) is 0.311. The standard InChI is InChI=1S/C21H16ClNO2/c1-25-19-10-6-5-9-18(19)21(24)20(15-11-13-16(22)14-12-15)23-17-7-3-2-4-8-17/h2-14H,1H3. The topological polar surface area (TPSA) is 38.7 Å². The fourth-order valence-corrected chi connectivity index (χ4v) is 2.57. The maximum absolute atomic E-state index is 13.2. The first kappa shape index (κ1) is 16.9. The van der Waals surface area contributed by atoms with Crippen molar-refractivity contribution < 1.29 is 9.53 Å². The van der Waals surface area contributed by atoms with Gasteiger partial charge in [-0.1, -0.05) is 54.1 Å². The Kier molecular flexibility index (Phi) is 5.26. The van der Waals surface area contributed by atoms with Crippen LogP contribution in [0.4, 0.5) is 5.69 Å². The van der Waals surface area contributed by atoms with E-state index in [1.165, 1.54) is 0 Å². The van der Waals surface area contributed by atoms with Gasteiger partial charge in [-0.15, -0.1) is 0 Å². The van der Waals surface area contributed by atoms with Gasteiger partial charge in [-0.05, 0) is 36.4 Å². The average molecular weight is 350 g/mol. The third-order valence-electron chi connectivity index (χ3n) is 3.68. The molecule has 124 valence electrons. The molecule has 0 bridgehead atoms. The molecule has 0 spiro atoms. The number of hydrogen-bond donors (Lipinski definition) is 0. The molecule has 0 saturated carbocycles. The lowest BCUT2D eigenvalue weighted by Crippen LogP contribution is -2.16. The molecule has 3 nitrogen and oxygen atoms in total. The summed E-state index contributed by atoms with van der Waals surface area (Å²) in [5, 5.41) is 0.604. The molecule has 0 amide bonds. The number of hydrogen-bond acceptors (Lipinski definition) is 3. The molecule has 0 aromatic heterocycles. The van der Waals surface area contributed by atoms with Crippen LogP contribution in [0.5, 0.6) is 5.75 Å². The van der Waals surface area contributed by atoms with E-state index in [0.29, 0.717) is 33.3 Å². The summed E-state index contributed by atoms with van der Waals surface area (Å²) in [5.41, 5.74) is 2.21. The molecule has 0 radical (unpaired) electrons. The summed E-state index contributed by atoms with van der Waals surface area (Å²) in [7, 11) is 1.54. The zero-order valence-corrected chi connectivity index (χ0v) is 14.4. The zero-order chi connectivity index (χ0) is 17.6. The van der Waals surface area contributed by atoms with Crippen molar-refractivity contribution >= 4 is 28.8 Å². The number of rotatable bonds is 5. The number of carbonyl (C=O) groups is 1. The molecule has 0 unspecified atom stereocenters. The Hall–Kier alpha value is -2.91. The number of Topliss-reactive ketones (excluding diaryl/α,β-unsaturated/α-hetero) is 1. The minimum atomic E-state index is -0.205. The highest BCUT2D eigenvalue weighted by molar-refractivity contribution is 6.52. The fraction of sp³-hybridized carbons (Fsp3) is 0.0476. The predicted octanol–water partition coefficient (Wildman–Crippen LogP) is 5.35. The normalized spacial score (nSPS) is 11.2. The molecule has 0 atom stereocenters. The molecule has 3 aromatic rings. The highest BCUT2D eigenvalue weighted by Crippen LogP contribution is 2.23. The number of aliphatic imine (C=N–C) groups is 1. The van der Waals surface area contributed by atoms with Crippen molar-refractivity contribution in [2.75, 3.05) is 7.11 Å². The van der Waals surface area contributed by atoms with E-state index in [9.17, 15) is 4.79 Å². The first-order valence-electron chi connectivity index (χ1n) is 7.76. The monoisotopic (exact) mass is 349 g/mol. The molecular weight excluding hydrogens is 334 g/mol. The van der Waals surface area contributed by atoms with E-state index in [1.807, 2.05) is 36.4 Å². The number of halogens is 1. The third-order valence-corrected chi connectivity index (χ3v) is 3.93. The van der Waals surface area contributed by atoms with Crippen LogP contribution in [0, 0.1) is 0 Å². The summed E-state index contributed by atoms with van der Waals surface area (Å²) in [6.45, 7) is 0. The Bertz CT molecular complexity index is 903. The van der Waals surface area contributed by atoms with Gasteiger partial charge in [0.2, 0.25) is 5.78 Å². The minimum Gasteiger partial charge on any atom is -0.496 e. The Labute approximate surface area is 151 Å². The highest BCUT2D eigenvalue weighted by Gasteiger charge is 2.20. The number of nitrogens with zero attached hydrogens (tertiary/aromatic N) is 1. The molecule has 0 aliphatic heterocycles. The molecule has 3 aromatic carbocycles. The first-order chi connectivity index (χ1) is 12.2. The molecule has 0 heterocycles. The van der Waals surface area contributed by atoms with Gasteiger partial charge in [0, 0.05) is 10.6 Å². The fourth-order valence-electron chi connectivity index (χ4n) is 2.45. The summed E-state index contributed by atoms with van der Waals surface area (Å²) >= 11 is 5.98. The Morgan fingerprint density at radius 3 is 2.20 bits per heavy atom. The van der Waals surface area contributed by atoms with E-state index >= 15 is 0 Å². The molecule has 0 N–H and O–H groups in total. The Morgan fingerprint density at radius 1 is 0.880 bits per heavy atom.